The van der Waals surface area contributed by atoms with Crippen LogP contribution in [0.15, 0.2) is 36.5 Å². The Morgan fingerprint density at radius 1 is 1.11 bits per heavy atom. The van der Waals surface area contributed by atoms with Gasteiger partial charge in [0.25, 0.3) is 0 Å². The van der Waals surface area contributed by atoms with Crippen molar-refractivity contribution >= 4 is 22.7 Å². The van der Waals surface area contributed by atoms with Crippen LogP contribution in [0.1, 0.15) is 46.6 Å². The number of nitrogens with one attached hydrogen (secondary N) is 3. The number of hydrogen-bond acceptors (Lipinski definition) is 8. The minimum atomic E-state index is -0.744. The monoisotopic (exact) mass is 531 g/mol. The smallest absolute Gasteiger partial charge is 0.243 e. The Balaban J connectivity index is 2.26. The molecule has 4 N–H and O–H groups in total. The van der Waals surface area contributed by atoms with Crippen molar-refractivity contribution in [2.75, 3.05) is 33.8 Å². The van der Waals surface area contributed by atoms with Crippen LogP contribution in [0.25, 0.3) is 10.9 Å². The highest BCUT2D eigenvalue weighted by Gasteiger charge is 2.37. The van der Waals surface area contributed by atoms with Gasteiger partial charge >= 0.3 is 0 Å². The van der Waals surface area contributed by atoms with Gasteiger partial charge in [-0.2, -0.15) is 0 Å². The second-order valence-electron chi connectivity index (χ2n) is 11.4. The van der Waals surface area contributed by atoms with Gasteiger partial charge in [0.2, 0.25) is 11.8 Å². The average molecular weight is 532 g/mol. The van der Waals surface area contributed by atoms with Crippen LogP contribution in [0.2, 0.25) is 0 Å². The van der Waals surface area contributed by atoms with Gasteiger partial charge in [-0.05, 0) is 37.9 Å². The SMILES string of the molecule is CC(C)C[C@@H](C(=O)N[C@H](C(=O)NCCN(C)C)C(C)(C)C)C(CONO)OCc1cccc2cccnc12. The summed E-state index contributed by atoms with van der Waals surface area (Å²) < 4.78 is 6.26. The number of benzene rings is 1. The Morgan fingerprint density at radius 3 is 2.45 bits per heavy atom. The third-order valence-corrected chi connectivity index (χ3v) is 6.27. The number of hydrogen-bond donors (Lipinski definition) is 4. The van der Waals surface area contributed by atoms with Crippen molar-refractivity contribution in [3.05, 3.63) is 42.1 Å². The first-order valence-electron chi connectivity index (χ1n) is 13.1. The topological polar surface area (TPSA) is 125 Å². The van der Waals surface area contributed by atoms with Crippen molar-refractivity contribution < 1.29 is 24.4 Å². The summed E-state index contributed by atoms with van der Waals surface area (Å²) in [5.74, 6) is -1.00. The van der Waals surface area contributed by atoms with Crippen LogP contribution in [0.5, 0.6) is 0 Å². The van der Waals surface area contributed by atoms with Gasteiger partial charge in [-0.25, -0.2) is 0 Å². The van der Waals surface area contributed by atoms with E-state index in [0.717, 1.165) is 16.5 Å². The molecule has 2 aromatic rings. The molecule has 1 aromatic carbocycles. The molecule has 0 saturated carbocycles. The van der Waals surface area contributed by atoms with Crippen LogP contribution in [0.4, 0.5) is 0 Å². The first kappa shape index (κ1) is 31.6. The van der Waals surface area contributed by atoms with Gasteiger partial charge in [0.15, 0.2) is 0 Å². The Morgan fingerprint density at radius 2 is 1.82 bits per heavy atom. The van der Waals surface area contributed by atoms with E-state index >= 15 is 0 Å². The van der Waals surface area contributed by atoms with Gasteiger partial charge < -0.3 is 20.3 Å². The molecule has 0 bridgehead atoms. The zero-order valence-corrected chi connectivity index (χ0v) is 23.8. The molecular formula is C28H45N5O5. The van der Waals surface area contributed by atoms with Crippen LogP contribution in [-0.4, -0.2) is 72.8 Å². The van der Waals surface area contributed by atoms with Crippen LogP contribution < -0.4 is 16.3 Å². The molecule has 0 aliphatic carbocycles. The normalized spacial score (nSPS) is 14.5. The summed E-state index contributed by atoms with van der Waals surface area (Å²) >= 11 is 0. The lowest BCUT2D eigenvalue weighted by molar-refractivity contribution is -0.170. The van der Waals surface area contributed by atoms with E-state index in [1.807, 2.05) is 83.9 Å². The van der Waals surface area contributed by atoms with Crippen molar-refractivity contribution in [1.29, 1.82) is 0 Å². The van der Waals surface area contributed by atoms with Gasteiger partial charge in [0.1, 0.15) is 6.04 Å². The summed E-state index contributed by atoms with van der Waals surface area (Å²) in [7, 11) is 3.87. The molecule has 3 atom stereocenters. The molecule has 38 heavy (non-hydrogen) atoms. The zero-order valence-electron chi connectivity index (χ0n) is 23.8. The van der Waals surface area contributed by atoms with Crippen LogP contribution >= 0.6 is 0 Å². The lowest BCUT2D eigenvalue weighted by Gasteiger charge is -2.34. The molecule has 1 unspecified atom stereocenters. The van der Waals surface area contributed by atoms with Crippen molar-refractivity contribution in [1.82, 2.24) is 26.2 Å². The summed E-state index contributed by atoms with van der Waals surface area (Å²) in [6.07, 6.45) is 1.53. The Hall–Kier alpha value is -2.63. The highest BCUT2D eigenvalue weighted by atomic mass is 16.8. The van der Waals surface area contributed by atoms with Gasteiger partial charge in [-0.1, -0.05) is 64.5 Å². The lowest BCUT2D eigenvalue weighted by atomic mass is 9.84. The lowest BCUT2D eigenvalue weighted by Crippen LogP contribution is -2.56. The zero-order chi connectivity index (χ0) is 28.3. The quantitative estimate of drug-likeness (QED) is 0.259. The third kappa shape index (κ3) is 9.92. The fourth-order valence-electron chi connectivity index (χ4n) is 4.25. The number of likely N-dealkylation sites (N-methyl/N-ethyl adjacent to an activating group) is 1. The summed E-state index contributed by atoms with van der Waals surface area (Å²) in [6, 6.07) is 8.96. The molecule has 0 aliphatic rings. The van der Waals surface area contributed by atoms with Crippen LogP contribution in [0.3, 0.4) is 0 Å². The number of amides is 2. The molecule has 2 amide bonds. The molecule has 0 fully saturated rings. The number of ether oxygens (including phenoxy) is 1. The molecule has 2 rings (SSSR count). The number of rotatable bonds is 15. The van der Waals surface area contributed by atoms with Gasteiger partial charge in [0.05, 0.1) is 30.8 Å². The molecule has 0 radical (unpaired) electrons. The Bertz CT molecular complexity index is 1020. The fraction of sp³-hybridized carbons (Fsp3) is 0.607. The summed E-state index contributed by atoms with van der Waals surface area (Å²) in [6.45, 7) is 11.1. The van der Waals surface area contributed by atoms with E-state index in [9.17, 15) is 9.59 Å². The number of carbonyl (C=O) groups excluding carboxylic acids is 2. The van der Waals surface area contributed by atoms with Crippen molar-refractivity contribution in [2.45, 2.75) is 59.8 Å². The molecule has 10 heteroatoms. The molecule has 0 saturated heterocycles. The predicted molar refractivity (Wildman–Crippen MR) is 147 cm³/mol. The van der Waals surface area contributed by atoms with Crippen molar-refractivity contribution in [3.63, 3.8) is 0 Å². The van der Waals surface area contributed by atoms with E-state index < -0.39 is 23.5 Å². The summed E-state index contributed by atoms with van der Waals surface area (Å²) in [4.78, 5) is 38.3. The summed E-state index contributed by atoms with van der Waals surface area (Å²) in [5.41, 5.74) is 2.87. The van der Waals surface area contributed by atoms with E-state index in [-0.39, 0.29) is 30.9 Å². The first-order valence-corrected chi connectivity index (χ1v) is 13.1. The maximum Gasteiger partial charge on any atom is 0.243 e. The third-order valence-electron chi connectivity index (χ3n) is 6.27. The van der Waals surface area contributed by atoms with E-state index in [1.54, 1.807) is 11.8 Å². The molecule has 212 valence electrons. The van der Waals surface area contributed by atoms with Crippen LogP contribution in [-0.2, 0) is 25.8 Å². The van der Waals surface area contributed by atoms with Gasteiger partial charge in [-0.3, -0.25) is 24.6 Å². The first-order chi connectivity index (χ1) is 17.9. The second kappa shape index (κ2) is 15.1. The van der Waals surface area contributed by atoms with Gasteiger partial charge in [0, 0.05) is 30.2 Å². The molecule has 10 nitrogen and oxygen atoms in total. The minimum Gasteiger partial charge on any atom is -0.370 e. The van der Waals surface area contributed by atoms with Gasteiger partial charge in [-0.15, -0.1) is 0 Å². The number of aromatic nitrogens is 1. The van der Waals surface area contributed by atoms with E-state index in [4.69, 9.17) is 14.8 Å². The number of para-hydroxylation sites is 1. The molecule has 0 aliphatic heterocycles. The number of fused-ring (bicyclic) bond motifs is 1. The standard InChI is InChI=1S/C28H45N5O5/c1-19(2)16-22(26(34)31-25(28(3,4)5)27(35)30-14-15-33(6)7)23(18-38-32-36)37-17-21-11-8-10-20-12-9-13-29-24(20)21/h8-13,19,22-23,25,32,36H,14-18H2,1-7H3,(H,30,35)(H,31,34)/t22-,23?,25-/m1/s1. The van der Waals surface area contributed by atoms with E-state index in [2.05, 4.69) is 15.6 Å². The number of carbonyl (C=O) groups is 2. The Labute approximate surface area is 226 Å². The minimum absolute atomic E-state index is 0.0747. The largest absolute Gasteiger partial charge is 0.370 e. The van der Waals surface area contributed by atoms with Crippen LogP contribution in [0, 0.1) is 17.3 Å². The average Bonchev–Trinajstić information content (AvgIpc) is 2.85. The molecule has 1 heterocycles. The van der Waals surface area contributed by atoms with Crippen molar-refractivity contribution in [3.8, 4) is 0 Å². The number of nitrogens with zero attached hydrogens (tertiary/aromatic N) is 2. The maximum absolute atomic E-state index is 13.7. The van der Waals surface area contributed by atoms with E-state index in [0.29, 0.717) is 19.5 Å². The molecule has 1 aromatic heterocycles. The molecular weight excluding hydrogens is 486 g/mol. The van der Waals surface area contributed by atoms with E-state index in [1.165, 1.54) is 0 Å². The maximum atomic E-state index is 13.7. The second-order valence-corrected chi connectivity index (χ2v) is 11.4. The molecule has 0 spiro atoms. The number of pyridine rings is 1. The predicted octanol–water partition coefficient (Wildman–Crippen LogP) is 2.90. The Kier molecular flexibility index (Phi) is 12.5. The van der Waals surface area contributed by atoms with Crippen molar-refractivity contribution in [2.24, 2.45) is 17.3 Å². The fourth-order valence-corrected chi connectivity index (χ4v) is 4.25. The highest BCUT2D eigenvalue weighted by molar-refractivity contribution is 5.89. The highest BCUT2D eigenvalue weighted by Crippen LogP contribution is 2.25. The summed E-state index contributed by atoms with van der Waals surface area (Å²) in [5, 5.41) is 16.0.